The zero-order valence-electron chi connectivity index (χ0n) is 17.4. The quantitative estimate of drug-likeness (QED) is 0.599. The lowest BCUT2D eigenvalue weighted by Crippen LogP contribution is -2.23. The molecule has 0 saturated carbocycles. The summed E-state index contributed by atoms with van der Waals surface area (Å²) in [7, 11) is 0. The van der Waals surface area contributed by atoms with Crippen LogP contribution in [-0.2, 0) is 0 Å². The highest BCUT2D eigenvalue weighted by Gasteiger charge is 2.09. The number of nitrogens with one attached hydrogen (secondary N) is 2. The summed E-state index contributed by atoms with van der Waals surface area (Å²) in [6.45, 7) is 9.89. The van der Waals surface area contributed by atoms with Crippen molar-refractivity contribution >= 4 is 28.9 Å². The Morgan fingerprint density at radius 1 is 0.897 bits per heavy atom. The molecule has 0 aliphatic carbocycles. The number of amides is 1. The summed E-state index contributed by atoms with van der Waals surface area (Å²) >= 11 is 0. The van der Waals surface area contributed by atoms with E-state index in [4.69, 9.17) is 0 Å². The van der Waals surface area contributed by atoms with Gasteiger partial charge in [-0.25, -0.2) is 9.97 Å². The maximum Gasteiger partial charge on any atom is 0.255 e. The molecule has 0 radical (unpaired) electrons. The molecule has 0 saturated heterocycles. The lowest BCUT2D eigenvalue weighted by molar-refractivity contribution is 0.102. The smallest absolute Gasteiger partial charge is 0.255 e. The lowest BCUT2D eigenvalue weighted by atomic mass is 10.1. The normalized spacial score (nSPS) is 10.5. The van der Waals surface area contributed by atoms with E-state index in [1.54, 1.807) is 0 Å². The monoisotopic (exact) mass is 389 g/mol. The van der Waals surface area contributed by atoms with Gasteiger partial charge in [0.15, 0.2) is 0 Å². The second-order valence-corrected chi connectivity index (χ2v) is 6.85. The molecule has 0 fully saturated rings. The molecule has 3 aromatic rings. The number of carbonyl (C=O) groups is 1. The van der Waals surface area contributed by atoms with Gasteiger partial charge in [-0.05, 0) is 64.1 Å². The Kier molecular flexibility index (Phi) is 6.44. The number of aromatic nitrogens is 2. The van der Waals surface area contributed by atoms with Crippen LogP contribution in [0.25, 0.3) is 0 Å². The number of hydrogen-bond donors (Lipinski definition) is 2. The summed E-state index contributed by atoms with van der Waals surface area (Å²) in [5.74, 6) is 2.25. The number of benzene rings is 2. The van der Waals surface area contributed by atoms with Crippen LogP contribution < -0.4 is 15.5 Å². The van der Waals surface area contributed by atoms with E-state index in [1.807, 2.05) is 68.4 Å². The van der Waals surface area contributed by atoms with Gasteiger partial charge in [0.1, 0.15) is 17.5 Å². The van der Waals surface area contributed by atoms with E-state index >= 15 is 0 Å². The molecule has 150 valence electrons. The van der Waals surface area contributed by atoms with Gasteiger partial charge in [0, 0.05) is 36.1 Å². The van der Waals surface area contributed by atoms with E-state index in [9.17, 15) is 4.79 Å². The first-order chi connectivity index (χ1) is 14.0. The lowest BCUT2D eigenvalue weighted by Gasteiger charge is -2.20. The van der Waals surface area contributed by atoms with Crippen molar-refractivity contribution in [3.05, 3.63) is 71.5 Å². The fourth-order valence-corrected chi connectivity index (χ4v) is 3.02. The highest BCUT2D eigenvalue weighted by Crippen LogP contribution is 2.21. The van der Waals surface area contributed by atoms with Gasteiger partial charge in [-0.15, -0.1) is 0 Å². The third kappa shape index (κ3) is 5.31. The second-order valence-electron chi connectivity index (χ2n) is 6.85. The molecule has 0 aliphatic heterocycles. The third-order valence-corrected chi connectivity index (χ3v) is 4.64. The molecule has 1 aromatic heterocycles. The Labute approximate surface area is 172 Å². The van der Waals surface area contributed by atoms with Crippen molar-refractivity contribution in [1.29, 1.82) is 0 Å². The summed E-state index contributed by atoms with van der Waals surface area (Å²) in [5, 5.41) is 6.23. The van der Waals surface area contributed by atoms with E-state index in [0.717, 1.165) is 47.5 Å². The second kappa shape index (κ2) is 9.19. The van der Waals surface area contributed by atoms with E-state index < -0.39 is 0 Å². The van der Waals surface area contributed by atoms with E-state index in [-0.39, 0.29) is 5.91 Å². The third-order valence-electron chi connectivity index (χ3n) is 4.64. The van der Waals surface area contributed by atoms with Crippen molar-refractivity contribution in [3.8, 4) is 0 Å². The zero-order chi connectivity index (χ0) is 20.8. The van der Waals surface area contributed by atoms with E-state index in [2.05, 4.69) is 39.3 Å². The molecule has 1 amide bonds. The number of nitrogens with zero attached hydrogens (tertiary/aromatic N) is 3. The van der Waals surface area contributed by atoms with Gasteiger partial charge in [-0.2, -0.15) is 0 Å². The molecule has 0 aliphatic rings. The standard InChI is InChI=1S/C23H27N5O/c1-5-28(6-2)22-15-21(24-17(4)25-22)26-19-11-13-20(14-12-19)27-23(29)18-9-7-16(3)8-10-18/h7-15H,5-6H2,1-4H3,(H,27,29)(H,24,25,26). The van der Waals surface area contributed by atoms with Crippen molar-refractivity contribution in [2.75, 3.05) is 28.6 Å². The number of aryl methyl sites for hydroxylation is 2. The van der Waals surface area contributed by atoms with Crippen LogP contribution in [0.3, 0.4) is 0 Å². The molecular weight excluding hydrogens is 362 g/mol. The first-order valence-corrected chi connectivity index (χ1v) is 9.84. The van der Waals surface area contributed by atoms with Crippen LogP contribution in [0.1, 0.15) is 35.6 Å². The Bertz CT molecular complexity index is 964. The molecular formula is C23H27N5O. The minimum atomic E-state index is -0.124. The Hall–Kier alpha value is -3.41. The number of carbonyl (C=O) groups excluding carboxylic acids is 1. The average Bonchev–Trinajstić information content (AvgIpc) is 2.70. The molecule has 0 spiro atoms. The fraction of sp³-hybridized carbons (Fsp3) is 0.261. The molecule has 0 atom stereocenters. The molecule has 2 aromatic carbocycles. The van der Waals surface area contributed by atoms with E-state index in [0.29, 0.717) is 5.56 Å². The van der Waals surface area contributed by atoms with Gasteiger partial charge >= 0.3 is 0 Å². The van der Waals surface area contributed by atoms with Gasteiger partial charge in [0.05, 0.1) is 0 Å². The first-order valence-electron chi connectivity index (χ1n) is 9.84. The van der Waals surface area contributed by atoms with Crippen LogP contribution in [0, 0.1) is 13.8 Å². The molecule has 6 nitrogen and oxygen atoms in total. The highest BCUT2D eigenvalue weighted by molar-refractivity contribution is 6.04. The van der Waals surface area contributed by atoms with Gasteiger partial charge in [-0.1, -0.05) is 17.7 Å². The maximum atomic E-state index is 12.3. The first kappa shape index (κ1) is 20.3. The SMILES string of the molecule is CCN(CC)c1cc(Nc2ccc(NC(=O)c3ccc(C)cc3)cc2)nc(C)n1. The Balaban J connectivity index is 1.69. The van der Waals surface area contributed by atoms with Crippen molar-refractivity contribution < 1.29 is 4.79 Å². The fourth-order valence-electron chi connectivity index (χ4n) is 3.02. The summed E-state index contributed by atoms with van der Waals surface area (Å²) < 4.78 is 0. The molecule has 0 bridgehead atoms. The maximum absolute atomic E-state index is 12.3. The Morgan fingerprint density at radius 2 is 1.52 bits per heavy atom. The summed E-state index contributed by atoms with van der Waals surface area (Å²) in [5.41, 5.74) is 3.39. The average molecular weight is 390 g/mol. The van der Waals surface area contributed by atoms with Crippen molar-refractivity contribution in [2.45, 2.75) is 27.7 Å². The minimum Gasteiger partial charge on any atom is -0.357 e. The molecule has 29 heavy (non-hydrogen) atoms. The van der Waals surface area contributed by atoms with Crippen LogP contribution >= 0.6 is 0 Å². The molecule has 0 unspecified atom stereocenters. The Morgan fingerprint density at radius 3 is 2.14 bits per heavy atom. The van der Waals surface area contributed by atoms with Crippen LogP contribution in [-0.4, -0.2) is 29.0 Å². The predicted octanol–water partition coefficient (Wildman–Crippen LogP) is 4.94. The van der Waals surface area contributed by atoms with Crippen molar-refractivity contribution in [3.63, 3.8) is 0 Å². The summed E-state index contributed by atoms with van der Waals surface area (Å²) in [4.78, 5) is 23.5. The van der Waals surface area contributed by atoms with Crippen LogP contribution in [0.2, 0.25) is 0 Å². The summed E-state index contributed by atoms with van der Waals surface area (Å²) in [6, 6.07) is 17.0. The van der Waals surface area contributed by atoms with Gasteiger partial charge in [-0.3, -0.25) is 4.79 Å². The number of anilines is 4. The van der Waals surface area contributed by atoms with Crippen molar-refractivity contribution in [2.24, 2.45) is 0 Å². The van der Waals surface area contributed by atoms with Crippen LogP contribution in [0.15, 0.2) is 54.6 Å². The minimum absolute atomic E-state index is 0.124. The van der Waals surface area contributed by atoms with Gasteiger partial charge < -0.3 is 15.5 Å². The predicted molar refractivity (Wildman–Crippen MR) is 119 cm³/mol. The van der Waals surface area contributed by atoms with Gasteiger partial charge in [0.25, 0.3) is 5.91 Å². The molecule has 3 rings (SSSR count). The van der Waals surface area contributed by atoms with Crippen molar-refractivity contribution in [1.82, 2.24) is 9.97 Å². The highest BCUT2D eigenvalue weighted by atomic mass is 16.1. The van der Waals surface area contributed by atoms with Gasteiger partial charge in [0.2, 0.25) is 0 Å². The zero-order valence-corrected chi connectivity index (χ0v) is 17.4. The number of rotatable bonds is 7. The van der Waals surface area contributed by atoms with Crippen LogP contribution in [0.5, 0.6) is 0 Å². The largest absolute Gasteiger partial charge is 0.357 e. The molecule has 1 heterocycles. The molecule has 6 heteroatoms. The van der Waals surface area contributed by atoms with E-state index in [1.165, 1.54) is 0 Å². The number of hydrogen-bond acceptors (Lipinski definition) is 5. The van der Waals surface area contributed by atoms with Crippen LogP contribution in [0.4, 0.5) is 23.0 Å². The molecule has 2 N–H and O–H groups in total. The summed E-state index contributed by atoms with van der Waals surface area (Å²) in [6.07, 6.45) is 0. The topological polar surface area (TPSA) is 70.2 Å².